The van der Waals surface area contributed by atoms with Gasteiger partial charge < -0.3 is 10.0 Å². The van der Waals surface area contributed by atoms with Crippen LogP contribution in [0.1, 0.15) is 17.3 Å². The van der Waals surface area contributed by atoms with Gasteiger partial charge in [-0.25, -0.2) is 0 Å². The van der Waals surface area contributed by atoms with Crippen molar-refractivity contribution in [2.24, 2.45) is 0 Å². The van der Waals surface area contributed by atoms with Gasteiger partial charge in [0.25, 0.3) is 5.91 Å². The third kappa shape index (κ3) is 3.84. The molecule has 114 valence electrons. The number of nitrogens with zero attached hydrogens (tertiary/aromatic N) is 2. The van der Waals surface area contributed by atoms with Crippen molar-refractivity contribution in [1.29, 1.82) is 0 Å². The van der Waals surface area contributed by atoms with Gasteiger partial charge in [0.1, 0.15) is 6.04 Å². The van der Waals surface area contributed by atoms with Crippen LogP contribution in [0.15, 0.2) is 27.1 Å². The summed E-state index contributed by atoms with van der Waals surface area (Å²) in [6.07, 6.45) is 0. The predicted octanol–water partition coefficient (Wildman–Crippen LogP) is 2.44. The van der Waals surface area contributed by atoms with E-state index in [2.05, 4.69) is 31.9 Å². The molecule has 2 rings (SSSR count). The summed E-state index contributed by atoms with van der Waals surface area (Å²) in [7, 11) is 0. The van der Waals surface area contributed by atoms with Crippen LogP contribution >= 0.6 is 31.9 Å². The van der Waals surface area contributed by atoms with Gasteiger partial charge in [-0.05, 0) is 41.1 Å². The quantitative estimate of drug-likeness (QED) is 0.817. The van der Waals surface area contributed by atoms with Gasteiger partial charge >= 0.3 is 5.97 Å². The fraction of sp³-hybridized carbons (Fsp3) is 0.429. The van der Waals surface area contributed by atoms with Crippen LogP contribution in [-0.2, 0) is 4.79 Å². The highest BCUT2D eigenvalue weighted by molar-refractivity contribution is 9.11. The average molecular weight is 420 g/mol. The molecule has 1 saturated heterocycles. The highest BCUT2D eigenvalue weighted by atomic mass is 79.9. The molecule has 1 amide bonds. The van der Waals surface area contributed by atoms with Crippen LogP contribution in [0.4, 0.5) is 0 Å². The van der Waals surface area contributed by atoms with Gasteiger partial charge in [-0.2, -0.15) is 0 Å². The first-order valence-corrected chi connectivity index (χ1v) is 8.20. The first-order valence-electron chi connectivity index (χ1n) is 6.61. The fourth-order valence-corrected chi connectivity index (χ4v) is 3.08. The van der Waals surface area contributed by atoms with Crippen molar-refractivity contribution in [2.75, 3.05) is 26.2 Å². The number of carboxylic acid groups (broad SMARTS) is 1. The zero-order chi connectivity index (χ0) is 15.6. The van der Waals surface area contributed by atoms with Gasteiger partial charge in [-0.3, -0.25) is 14.5 Å². The molecule has 0 spiro atoms. The van der Waals surface area contributed by atoms with Gasteiger partial charge in [0.15, 0.2) is 0 Å². The molecule has 1 aliphatic rings. The van der Waals surface area contributed by atoms with Crippen LogP contribution in [0, 0.1) is 0 Å². The Hall–Kier alpha value is -0.920. The number of carbonyl (C=O) groups excluding carboxylic acids is 1. The maximum absolute atomic E-state index is 12.5. The number of carbonyl (C=O) groups is 2. The molecule has 1 aromatic carbocycles. The topological polar surface area (TPSA) is 60.9 Å². The molecule has 0 saturated carbocycles. The third-order valence-electron chi connectivity index (χ3n) is 3.67. The van der Waals surface area contributed by atoms with Crippen molar-refractivity contribution in [2.45, 2.75) is 13.0 Å². The highest BCUT2D eigenvalue weighted by Crippen LogP contribution is 2.23. The van der Waals surface area contributed by atoms with Gasteiger partial charge in [0.05, 0.1) is 5.56 Å². The molecule has 0 radical (unpaired) electrons. The van der Waals surface area contributed by atoms with E-state index >= 15 is 0 Å². The number of piperazine rings is 1. The molecule has 5 nitrogen and oxygen atoms in total. The number of halogens is 2. The van der Waals surface area contributed by atoms with Crippen molar-refractivity contribution in [1.82, 2.24) is 9.80 Å². The number of hydrogen-bond donors (Lipinski definition) is 1. The molecule has 7 heteroatoms. The Balaban J connectivity index is 2.03. The molecule has 1 atom stereocenters. The summed E-state index contributed by atoms with van der Waals surface area (Å²) in [5.41, 5.74) is 0.615. The van der Waals surface area contributed by atoms with Crippen molar-refractivity contribution < 1.29 is 14.7 Å². The van der Waals surface area contributed by atoms with Gasteiger partial charge in [0, 0.05) is 35.1 Å². The lowest BCUT2D eigenvalue weighted by Crippen LogP contribution is -2.53. The summed E-state index contributed by atoms with van der Waals surface area (Å²) in [5, 5.41) is 9.02. The standard InChI is InChI=1S/C14H16Br2N2O3/c1-9(14(20)21)17-4-6-18(7-5-17)13(19)11-8-10(15)2-3-12(11)16/h2-3,8-9H,4-7H2,1H3,(H,20,21). The summed E-state index contributed by atoms with van der Waals surface area (Å²) in [6.45, 7) is 3.89. The second-order valence-corrected chi connectivity index (χ2v) is 6.74. The van der Waals surface area contributed by atoms with Crippen LogP contribution in [0.5, 0.6) is 0 Å². The molecule has 1 unspecified atom stereocenters. The van der Waals surface area contributed by atoms with E-state index in [0.29, 0.717) is 31.7 Å². The van der Waals surface area contributed by atoms with E-state index in [0.717, 1.165) is 8.95 Å². The molecule has 1 N–H and O–H groups in total. The van der Waals surface area contributed by atoms with E-state index in [1.165, 1.54) is 0 Å². The Morgan fingerprint density at radius 1 is 1.19 bits per heavy atom. The molecular weight excluding hydrogens is 404 g/mol. The van der Waals surface area contributed by atoms with Crippen LogP contribution in [0.25, 0.3) is 0 Å². The van der Waals surface area contributed by atoms with E-state index < -0.39 is 12.0 Å². The minimum atomic E-state index is -0.829. The maximum Gasteiger partial charge on any atom is 0.320 e. The maximum atomic E-state index is 12.5. The van der Waals surface area contributed by atoms with Gasteiger partial charge in [0.2, 0.25) is 0 Å². The Kier molecular flexibility index (Phi) is 5.40. The number of benzene rings is 1. The van der Waals surface area contributed by atoms with Crippen LogP contribution < -0.4 is 0 Å². The third-order valence-corrected chi connectivity index (χ3v) is 4.85. The Morgan fingerprint density at radius 2 is 1.81 bits per heavy atom. The highest BCUT2D eigenvalue weighted by Gasteiger charge is 2.28. The van der Waals surface area contributed by atoms with E-state index in [9.17, 15) is 9.59 Å². The largest absolute Gasteiger partial charge is 0.480 e. The number of aliphatic carboxylic acids is 1. The first kappa shape index (κ1) is 16.5. The fourth-order valence-electron chi connectivity index (χ4n) is 2.30. The number of carboxylic acids is 1. The van der Waals surface area contributed by atoms with E-state index in [4.69, 9.17) is 5.11 Å². The average Bonchev–Trinajstić information content (AvgIpc) is 2.48. The zero-order valence-electron chi connectivity index (χ0n) is 11.6. The van der Waals surface area contributed by atoms with Gasteiger partial charge in [-0.1, -0.05) is 15.9 Å². The molecule has 0 bridgehead atoms. The Bertz CT molecular complexity index is 557. The van der Waals surface area contributed by atoms with E-state index in [1.807, 2.05) is 17.0 Å². The Labute approximate surface area is 140 Å². The molecule has 1 fully saturated rings. The lowest BCUT2D eigenvalue weighted by molar-refractivity contribution is -0.143. The Morgan fingerprint density at radius 3 is 2.38 bits per heavy atom. The van der Waals surface area contributed by atoms with Crippen molar-refractivity contribution >= 4 is 43.7 Å². The number of amides is 1. The van der Waals surface area contributed by atoms with Crippen molar-refractivity contribution in [3.05, 3.63) is 32.7 Å². The molecule has 0 aromatic heterocycles. The molecule has 1 heterocycles. The SMILES string of the molecule is CC(C(=O)O)N1CCN(C(=O)c2cc(Br)ccc2Br)CC1. The first-order chi connectivity index (χ1) is 9.90. The summed E-state index contributed by atoms with van der Waals surface area (Å²) >= 11 is 6.76. The number of hydrogen-bond acceptors (Lipinski definition) is 3. The van der Waals surface area contributed by atoms with Crippen LogP contribution in [0.2, 0.25) is 0 Å². The van der Waals surface area contributed by atoms with Crippen LogP contribution in [0.3, 0.4) is 0 Å². The zero-order valence-corrected chi connectivity index (χ0v) is 14.7. The number of rotatable bonds is 3. The molecule has 21 heavy (non-hydrogen) atoms. The monoisotopic (exact) mass is 418 g/mol. The summed E-state index contributed by atoms with van der Waals surface area (Å²) in [4.78, 5) is 27.1. The minimum Gasteiger partial charge on any atom is -0.480 e. The second kappa shape index (κ2) is 6.89. The molecule has 0 aliphatic carbocycles. The van der Waals surface area contributed by atoms with Gasteiger partial charge in [-0.15, -0.1) is 0 Å². The van der Waals surface area contributed by atoms with Crippen LogP contribution in [-0.4, -0.2) is 59.0 Å². The van der Waals surface area contributed by atoms with Crippen molar-refractivity contribution in [3.63, 3.8) is 0 Å². The molecule has 1 aromatic rings. The second-order valence-electron chi connectivity index (χ2n) is 4.97. The summed E-state index contributed by atoms with van der Waals surface area (Å²) < 4.78 is 1.62. The summed E-state index contributed by atoms with van der Waals surface area (Å²) in [6, 6.07) is 4.98. The predicted molar refractivity (Wildman–Crippen MR) is 86.4 cm³/mol. The van der Waals surface area contributed by atoms with E-state index in [1.54, 1.807) is 17.9 Å². The lowest BCUT2D eigenvalue weighted by Gasteiger charge is -2.36. The van der Waals surface area contributed by atoms with E-state index in [-0.39, 0.29) is 5.91 Å². The normalized spacial score (nSPS) is 17.6. The smallest absolute Gasteiger partial charge is 0.320 e. The molecule has 1 aliphatic heterocycles. The lowest BCUT2D eigenvalue weighted by atomic mass is 10.1. The molecular formula is C14H16Br2N2O3. The minimum absolute atomic E-state index is 0.0363. The summed E-state index contributed by atoms with van der Waals surface area (Å²) in [5.74, 6) is -0.865. The van der Waals surface area contributed by atoms with Crippen molar-refractivity contribution in [3.8, 4) is 0 Å².